The number of anilines is 1. The molecule has 5 nitrogen and oxygen atoms in total. The van der Waals surface area contributed by atoms with E-state index in [-0.39, 0.29) is 10.6 Å². The van der Waals surface area contributed by atoms with Crippen LogP contribution in [0, 0.1) is 0 Å². The minimum atomic E-state index is -4.54. The summed E-state index contributed by atoms with van der Waals surface area (Å²) in [7, 11) is -4.17. The van der Waals surface area contributed by atoms with Crippen molar-refractivity contribution < 1.29 is 21.6 Å². The highest BCUT2D eigenvalue weighted by Gasteiger charge is 2.31. The molecular formula is C13H10F3N3O2S. The lowest BCUT2D eigenvalue weighted by Crippen LogP contribution is -2.25. The van der Waals surface area contributed by atoms with Crippen molar-refractivity contribution in [2.45, 2.75) is 11.1 Å². The summed E-state index contributed by atoms with van der Waals surface area (Å²) in [5, 5.41) is 3.41. The SMILES string of the molecule is C=NN(c1cccnc1)S(=O)(=O)c1ccc(C(F)(F)F)cc1. The van der Waals surface area contributed by atoms with Crippen molar-refractivity contribution in [1.29, 1.82) is 0 Å². The molecule has 0 bridgehead atoms. The lowest BCUT2D eigenvalue weighted by atomic mass is 10.2. The van der Waals surface area contributed by atoms with Crippen LogP contribution in [0.5, 0.6) is 0 Å². The first-order valence-corrected chi connectivity index (χ1v) is 7.30. The van der Waals surface area contributed by atoms with Crippen molar-refractivity contribution in [1.82, 2.24) is 4.98 Å². The zero-order chi connectivity index (χ0) is 16.4. The first kappa shape index (κ1) is 16.0. The van der Waals surface area contributed by atoms with E-state index in [4.69, 9.17) is 0 Å². The first-order chi connectivity index (χ1) is 10.3. The van der Waals surface area contributed by atoms with Crippen LogP contribution in [0.4, 0.5) is 18.9 Å². The van der Waals surface area contributed by atoms with Gasteiger partial charge >= 0.3 is 6.18 Å². The second-order valence-corrected chi connectivity index (χ2v) is 5.89. The zero-order valence-corrected chi connectivity index (χ0v) is 11.8. The van der Waals surface area contributed by atoms with Crippen molar-refractivity contribution in [2.75, 3.05) is 4.41 Å². The number of hydrogen-bond donors (Lipinski definition) is 0. The molecule has 0 radical (unpaired) electrons. The number of benzene rings is 1. The second-order valence-electron chi connectivity index (χ2n) is 4.12. The average molecular weight is 329 g/mol. The quantitative estimate of drug-likeness (QED) is 0.640. The normalized spacial score (nSPS) is 12.0. The second kappa shape index (κ2) is 5.76. The van der Waals surface area contributed by atoms with Crippen LogP contribution in [-0.4, -0.2) is 20.1 Å². The minimum Gasteiger partial charge on any atom is -0.262 e. The highest BCUT2D eigenvalue weighted by atomic mass is 32.2. The number of hydrazone groups is 1. The molecule has 0 unspecified atom stereocenters. The van der Waals surface area contributed by atoms with Gasteiger partial charge in [-0.15, -0.1) is 0 Å². The molecule has 0 aliphatic heterocycles. The fourth-order valence-corrected chi connectivity index (χ4v) is 2.90. The van der Waals surface area contributed by atoms with E-state index in [1.807, 2.05) is 0 Å². The molecule has 0 saturated carbocycles. The Morgan fingerprint density at radius 1 is 1.14 bits per heavy atom. The van der Waals surface area contributed by atoms with Gasteiger partial charge in [0.05, 0.1) is 22.3 Å². The van der Waals surface area contributed by atoms with Crippen LogP contribution < -0.4 is 4.41 Å². The maximum Gasteiger partial charge on any atom is 0.416 e. The molecule has 1 heterocycles. The Balaban J connectivity index is 2.43. The Kier molecular flexibility index (Phi) is 4.18. The summed E-state index contributed by atoms with van der Waals surface area (Å²) >= 11 is 0. The standard InChI is InChI=1S/C13H10F3N3O2S/c1-17-19(11-3-2-8-18-9-11)22(20,21)12-6-4-10(5-7-12)13(14,15)16/h2-9H,1H2. The van der Waals surface area contributed by atoms with E-state index in [1.54, 1.807) is 0 Å². The molecule has 0 saturated heterocycles. The first-order valence-electron chi connectivity index (χ1n) is 5.86. The van der Waals surface area contributed by atoms with Gasteiger partial charge < -0.3 is 0 Å². The molecule has 0 amide bonds. The largest absolute Gasteiger partial charge is 0.416 e. The van der Waals surface area contributed by atoms with Gasteiger partial charge in [0.1, 0.15) is 0 Å². The lowest BCUT2D eigenvalue weighted by molar-refractivity contribution is -0.137. The fraction of sp³-hybridized carbons (Fsp3) is 0.0769. The maximum absolute atomic E-state index is 12.5. The monoisotopic (exact) mass is 329 g/mol. The van der Waals surface area contributed by atoms with Gasteiger partial charge in [-0.3, -0.25) is 4.98 Å². The van der Waals surface area contributed by atoms with Gasteiger partial charge in [0, 0.05) is 12.9 Å². The molecule has 0 aliphatic carbocycles. The zero-order valence-electron chi connectivity index (χ0n) is 11.0. The van der Waals surface area contributed by atoms with Crippen LogP contribution >= 0.6 is 0 Å². The Labute approximate surface area is 124 Å². The smallest absolute Gasteiger partial charge is 0.262 e. The predicted molar refractivity (Wildman–Crippen MR) is 74.9 cm³/mol. The van der Waals surface area contributed by atoms with E-state index in [2.05, 4.69) is 16.8 Å². The van der Waals surface area contributed by atoms with E-state index in [9.17, 15) is 21.6 Å². The van der Waals surface area contributed by atoms with Crippen molar-refractivity contribution in [3.8, 4) is 0 Å². The van der Waals surface area contributed by atoms with Gasteiger partial charge in [-0.2, -0.15) is 31.1 Å². The predicted octanol–water partition coefficient (Wildman–Crippen LogP) is 2.91. The number of alkyl halides is 3. The highest BCUT2D eigenvalue weighted by molar-refractivity contribution is 7.92. The van der Waals surface area contributed by atoms with Crippen LogP contribution in [0.25, 0.3) is 0 Å². The topological polar surface area (TPSA) is 62.6 Å². The molecule has 0 atom stereocenters. The summed E-state index contributed by atoms with van der Waals surface area (Å²) in [5.41, 5.74) is -0.816. The van der Waals surface area contributed by atoms with E-state index in [1.165, 1.54) is 24.5 Å². The molecule has 0 aliphatic rings. The van der Waals surface area contributed by atoms with Gasteiger partial charge in [0.25, 0.3) is 10.0 Å². The van der Waals surface area contributed by atoms with Crippen LogP contribution in [0.1, 0.15) is 5.56 Å². The van der Waals surface area contributed by atoms with Crippen LogP contribution in [0.3, 0.4) is 0 Å². The molecule has 2 rings (SSSR count). The van der Waals surface area contributed by atoms with Crippen LogP contribution in [0.2, 0.25) is 0 Å². The Morgan fingerprint density at radius 2 is 1.77 bits per heavy atom. The summed E-state index contributed by atoms with van der Waals surface area (Å²) in [4.78, 5) is 3.43. The number of hydrogen-bond acceptors (Lipinski definition) is 4. The Bertz CT molecular complexity index is 759. The van der Waals surface area contributed by atoms with E-state index in [0.29, 0.717) is 16.5 Å². The number of sulfonamides is 1. The number of aromatic nitrogens is 1. The van der Waals surface area contributed by atoms with Gasteiger partial charge in [-0.1, -0.05) is 0 Å². The lowest BCUT2D eigenvalue weighted by Gasteiger charge is -2.18. The van der Waals surface area contributed by atoms with Crippen molar-refractivity contribution in [3.63, 3.8) is 0 Å². The third-order valence-electron chi connectivity index (χ3n) is 2.70. The third kappa shape index (κ3) is 3.08. The van der Waals surface area contributed by atoms with E-state index < -0.39 is 21.8 Å². The Morgan fingerprint density at radius 3 is 2.23 bits per heavy atom. The molecule has 2 aromatic rings. The average Bonchev–Trinajstić information content (AvgIpc) is 2.48. The molecular weight excluding hydrogens is 319 g/mol. The van der Waals surface area contributed by atoms with Crippen LogP contribution in [-0.2, 0) is 16.2 Å². The van der Waals surface area contributed by atoms with Crippen molar-refractivity contribution in [2.24, 2.45) is 5.10 Å². The molecule has 0 N–H and O–H groups in total. The van der Waals surface area contributed by atoms with Crippen LogP contribution in [0.15, 0.2) is 58.8 Å². The number of pyridine rings is 1. The summed E-state index contributed by atoms with van der Waals surface area (Å²) < 4.78 is 62.9. The van der Waals surface area contributed by atoms with Crippen molar-refractivity contribution in [3.05, 3.63) is 54.4 Å². The number of rotatable bonds is 4. The molecule has 1 aromatic carbocycles. The van der Waals surface area contributed by atoms with Gasteiger partial charge in [-0.25, -0.2) is 0 Å². The Hall–Kier alpha value is -2.42. The summed E-state index contributed by atoms with van der Waals surface area (Å²) in [5.74, 6) is 0. The minimum absolute atomic E-state index is 0.123. The maximum atomic E-state index is 12.5. The molecule has 9 heteroatoms. The highest BCUT2D eigenvalue weighted by Crippen LogP contribution is 2.30. The fourth-order valence-electron chi connectivity index (χ4n) is 1.68. The van der Waals surface area contributed by atoms with Crippen molar-refractivity contribution >= 4 is 22.4 Å². The van der Waals surface area contributed by atoms with Gasteiger partial charge in [-0.05, 0) is 36.4 Å². The molecule has 0 spiro atoms. The molecule has 0 fully saturated rings. The van der Waals surface area contributed by atoms with Gasteiger partial charge in [0.15, 0.2) is 0 Å². The van der Waals surface area contributed by atoms with Gasteiger partial charge in [0.2, 0.25) is 0 Å². The summed E-state index contributed by atoms with van der Waals surface area (Å²) in [6.45, 7) is 3.17. The molecule has 116 valence electrons. The number of nitrogens with zero attached hydrogens (tertiary/aromatic N) is 3. The summed E-state index contributed by atoms with van der Waals surface area (Å²) in [6, 6.07) is 6.05. The van der Waals surface area contributed by atoms with E-state index >= 15 is 0 Å². The third-order valence-corrected chi connectivity index (χ3v) is 4.35. The summed E-state index contributed by atoms with van der Waals surface area (Å²) in [6.07, 6.45) is -1.85. The van der Waals surface area contributed by atoms with E-state index in [0.717, 1.165) is 12.1 Å². The molecule has 1 aromatic heterocycles. The molecule has 22 heavy (non-hydrogen) atoms. The number of halogens is 3.